The number of rotatable bonds is 7. The van der Waals surface area contributed by atoms with Crippen LogP contribution in [0.15, 0.2) is 0 Å². The highest BCUT2D eigenvalue weighted by atomic mass is 32.1. The minimum absolute atomic E-state index is 0.714. The fourth-order valence-corrected chi connectivity index (χ4v) is 3.54. The zero-order valence-corrected chi connectivity index (χ0v) is 13.1. The van der Waals surface area contributed by atoms with Crippen LogP contribution in [-0.4, -0.2) is 24.6 Å². The zero-order chi connectivity index (χ0) is 13.4. The van der Waals surface area contributed by atoms with Gasteiger partial charge in [-0.25, -0.2) is 4.98 Å². The average Bonchev–Trinajstić information content (AvgIpc) is 3.25. The van der Waals surface area contributed by atoms with E-state index in [1.54, 1.807) is 0 Å². The van der Waals surface area contributed by atoms with E-state index in [2.05, 4.69) is 31.1 Å². The van der Waals surface area contributed by atoms with Crippen molar-refractivity contribution in [3.8, 4) is 0 Å². The molecular formula is C15H25N3S. The Labute approximate surface area is 120 Å². The standard InChI is InChI=1S/C15H25N3S/c1-10(2)8-16-9-13-14(11-4-5-11)17-15(19-13)18(3)12-6-7-12/h10-12,16H,4-9H2,1-3H3. The summed E-state index contributed by atoms with van der Waals surface area (Å²) in [6.45, 7) is 6.61. The molecule has 0 amide bonds. The maximum atomic E-state index is 4.94. The van der Waals surface area contributed by atoms with Crippen molar-refractivity contribution in [1.29, 1.82) is 0 Å². The molecule has 106 valence electrons. The topological polar surface area (TPSA) is 28.2 Å². The smallest absolute Gasteiger partial charge is 0.185 e. The Kier molecular flexibility index (Phi) is 3.81. The van der Waals surface area contributed by atoms with Gasteiger partial charge < -0.3 is 10.2 Å². The largest absolute Gasteiger partial charge is 0.348 e. The number of nitrogens with zero attached hydrogens (tertiary/aromatic N) is 2. The summed E-state index contributed by atoms with van der Waals surface area (Å²) in [4.78, 5) is 8.80. The number of hydrogen-bond acceptors (Lipinski definition) is 4. The van der Waals surface area contributed by atoms with E-state index >= 15 is 0 Å². The molecule has 2 fully saturated rings. The molecule has 0 bridgehead atoms. The molecule has 3 nitrogen and oxygen atoms in total. The summed E-state index contributed by atoms with van der Waals surface area (Å²) in [5.74, 6) is 1.47. The van der Waals surface area contributed by atoms with Gasteiger partial charge in [-0.05, 0) is 38.1 Å². The Bertz CT molecular complexity index is 433. The SMILES string of the molecule is CC(C)CNCc1sc(N(C)C2CC2)nc1C1CC1. The lowest BCUT2D eigenvalue weighted by atomic mass is 10.2. The van der Waals surface area contributed by atoms with Crippen molar-refractivity contribution in [2.75, 3.05) is 18.5 Å². The number of anilines is 1. The second kappa shape index (κ2) is 5.41. The molecule has 0 atom stereocenters. The Balaban J connectivity index is 1.69. The second-order valence-electron chi connectivity index (χ2n) is 6.45. The summed E-state index contributed by atoms with van der Waals surface area (Å²) in [5.41, 5.74) is 1.39. The molecule has 0 saturated heterocycles. The number of thiazole rings is 1. The summed E-state index contributed by atoms with van der Waals surface area (Å²) in [7, 11) is 2.21. The molecule has 0 aliphatic heterocycles. The van der Waals surface area contributed by atoms with Crippen LogP contribution in [0.4, 0.5) is 5.13 Å². The molecule has 0 aromatic carbocycles. The van der Waals surface area contributed by atoms with Crippen molar-refractivity contribution in [3.05, 3.63) is 10.6 Å². The van der Waals surface area contributed by atoms with Gasteiger partial charge in [-0.3, -0.25) is 0 Å². The first-order chi connectivity index (χ1) is 9.15. The van der Waals surface area contributed by atoms with E-state index in [-0.39, 0.29) is 0 Å². The summed E-state index contributed by atoms with van der Waals surface area (Å²) >= 11 is 1.91. The van der Waals surface area contributed by atoms with Gasteiger partial charge in [0.2, 0.25) is 0 Å². The maximum Gasteiger partial charge on any atom is 0.185 e. The Morgan fingerprint density at radius 1 is 1.32 bits per heavy atom. The van der Waals surface area contributed by atoms with Gasteiger partial charge in [-0.2, -0.15) is 0 Å². The molecule has 1 aromatic heterocycles. The van der Waals surface area contributed by atoms with Gasteiger partial charge in [-0.15, -0.1) is 11.3 Å². The van der Waals surface area contributed by atoms with E-state index in [4.69, 9.17) is 4.98 Å². The fraction of sp³-hybridized carbons (Fsp3) is 0.800. The number of aromatic nitrogens is 1. The summed E-state index contributed by atoms with van der Waals surface area (Å²) in [5, 5.41) is 4.81. The summed E-state index contributed by atoms with van der Waals surface area (Å²) in [6, 6.07) is 0.759. The molecule has 1 N–H and O–H groups in total. The molecule has 2 aliphatic carbocycles. The van der Waals surface area contributed by atoms with E-state index < -0.39 is 0 Å². The monoisotopic (exact) mass is 279 g/mol. The van der Waals surface area contributed by atoms with Crippen molar-refractivity contribution >= 4 is 16.5 Å². The molecule has 2 saturated carbocycles. The van der Waals surface area contributed by atoms with Gasteiger partial charge in [-0.1, -0.05) is 13.8 Å². The minimum Gasteiger partial charge on any atom is -0.348 e. The van der Waals surface area contributed by atoms with Crippen LogP contribution in [0.3, 0.4) is 0 Å². The number of nitrogens with one attached hydrogen (secondary N) is 1. The molecule has 19 heavy (non-hydrogen) atoms. The quantitative estimate of drug-likeness (QED) is 0.829. The Morgan fingerprint density at radius 2 is 2.05 bits per heavy atom. The van der Waals surface area contributed by atoms with Gasteiger partial charge in [0.15, 0.2) is 5.13 Å². The van der Waals surface area contributed by atoms with Crippen LogP contribution in [0.2, 0.25) is 0 Å². The third kappa shape index (κ3) is 3.29. The lowest BCUT2D eigenvalue weighted by Gasteiger charge is -2.13. The molecule has 1 heterocycles. The predicted molar refractivity (Wildman–Crippen MR) is 82.1 cm³/mol. The highest BCUT2D eigenvalue weighted by Crippen LogP contribution is 2.45. The average molecular weight is 279 g/mol. The van der Waals surface area contributed by atoms with Gasteiger partial charge >= 0.3 is 0 Å². The molecular weight excluding hydrogens is 254 g/mol. The highest BCUT2D eigenvalue weighted by molar-refractivity contribution is 7.15. The van der Waals surface area contributed by atoms with Crippen LogP contribution < -0.4 is 10.2 Å². The van der Waals surface area contributed by atoms with E-state index in [0.29, 0.717) is 5.92 Å². The molecule has 2 aliphatic rings. The first-order valence-corrected chi connectivity index (χ1v) is 8.40. The lowest BCUT2D eigenvalue weighted by Crippen LogP contribution is -2.19. The Hall–Kier alpha value is -0.610. The van der Waals surface area contributed by atoms with E-state index in [1.807, 2.05) is 11.3 Å². The fourth-order valence-electron chi connectivity index (χ4n) is 2.40. The zero-order valence-electron chi connectivity index (χ0n) is 12.3. The molecule has 0 unspecified atom stereocenters. The van der Waals surface area contributed by atoms with Gasteiger partial charge in [0.05, 0.1) is 5.69 Å². The van der Waals surface area contributed by atoms with Crippen LogP contribution in [-0.2, 0) is 6.54 Å². The van der Waals surface area contributed by atoms with Crippen LogP contribution >= 0.6 is 11.3 Å². The summed E-state index contributed by atoms with van der Waals surface area (Å²) in [6.07, 6.45) is 5.37. The van der Waals surface area contributed by atoms with Gasteiger partial charge in [0, 0.05) is 30.4 Å². The van der Waals surface area contributed by atoms with Gasteiger partial charge in [0.1, 0.15) is 0 Å². The van der Waals surface area contributed by atoms with Crippen LogP contribution in [0, 0.1) is 5.92 Å². The van der Waals surface area contributed by atoms with Crippen molar-refractivity contribution in [3.63, 3.8) is 0 Å². The Morgan fingerprint density at radius 3 is 2.63 bits per heavy atom. The minimum atomic E-state index is 0.714. The van der Waals surface area contributed by atoms with Crippen LogP contribution in [0.5, 0.6) is 0 Å². The predicted octanol–water partition coefficient (Wildman–Crippen LogP) is 3.36. The maximum absolute atomic E-state index is 4.94. The lowest BCUT2D eigenvalue weighted by molar-refractivity contribution is 0.553. The normalized spacial score (nSPS) is 19.2. The van der Waals surface area contributed by atoms with Crippen LogP contribution in [0.25, 0.3) is 0 Å². The number of hydrogen-bond donors (Lipinski definition) is 1. The molecule has 3 rings (SSSR count). The van der Waals surface area contributed by atoms with Gasteiger partial charge in [0.25, 0.3) is 0 Å². The molecule has 4 heteroatoms. The highest BCUT2D eigenvalue weighted by Gasteiger charge is 2.33. The van der Waals surface area contributed by atoms with Crippen molar-refractivity contribution in [2.45, 2.75) is 58.0 Å². The van der Waals surface area contributed by atoms with E-state index in [9.17, 15) is 0 Å². The first-order valence-electron chi connectivity index (χ1n) is 7.58. The first kappa shape index (κ1) is 13.4. The second-order valence-corrected chi connectivity index (χ2v) is 7.51. The van der Waals surface area contributed by atoms with Crippen molar-refractivity contribution < 1.29 is 0 Å². The third-order valence-electron chi connectivity index (χ3n) is 3.91. The third-order valence-corrected chi connectivity index (χ3v) is 5.08. The summed E-state index contributed by atoms with van der Waals surface area (Å²) < 4.78 is 0. The molecule has 0 spiro atoms. The molecule has 0 radical (unpaired) electrons. The van der Waals surface area contributed by atoms with E-state index in [1.165, 1.54) is 41.4 Å². The van der Waals surface area contributed by atoms with E-state index in [0.717, 1.165) is 25.0 Å². The molecule has 1 aromatic rings. The van der Waals surface area contributed by atoms with Crippen LogP contribution in [0.1, 0.15) is 56.0 Å². The van der Waals surface area contributed by atoms with Crippen molar-refractivity contribution in [1.82, 2.24) is 10.3 Å². The van der Waals surface area contributed by atoms with Crippen molar-refractivity contribution in [2.24, 2.45) is 5.92 Å².